The Morgan fingerprint density at radius 1 is 0.816 bits per heavy atom. The smallest absolute Gasteiger partial charge is 0.260 e. The number of nitrogens with one attached hydrogen (secondary N) is 2. The van der Waals surface area contributed by atoms with E-state index in [9.17, 15) is 9.59 Å². The van der Waals surface area contributed by atoms with Gasteiger partial charge in [0.25, 0.3) is 11.8 Å². The molecule has 38 heavy (non-hydrogen) atoms. The Bertz CT molecular complexity index is 1640. The molecule has 0 saturated heterocycles. The number of benzene rings is 2. The van der Waals surface area contributed by atoms with Crippen molar-refractivity contribution in [2.24, 2.45) is 0 Å². The van der Waals surface area contributed by atoms with E-state index in [1.165, 1.54) is 6.20 Å². The van der Waals surface area contributed by atoms with Gasteiger partial charge in [0.1, 0.15) is 5.82 Å². The molecule has 1 aliphatic rings. The van der Waals surface area contributed by atoms with E-state index in [0.717, 1.165) is 22.4 Å². The molecule has 0 radical (unpaired) electrons. The van der Waals surface area contributed by atoms with Crippen LogP contribution < -0.4 is 15.5 Å². The zero-order valence-electron chi connectivity index (χ0n) is 20.2. The molecule has 0 atom stereocenters. The number of nitrogens with zero attached hydrogens (tertiary/aromatic N) is 4. The third-order valence-corrected chi connectivity index (χ3v) is 6.32. The average molecular weight is 499 g/mol. The van der Waals surface area contributed by atoms with Gasteiger partial charge in [0, 0.05) is 41.6 Å². The molecule has 0 unspecified atom stereocenters. The molecule has 6 rings (SSSR count). The monoisotopic (exact) mass is 498 g/mol. The van der Waals surface area contributed by atoms with Crippen molar-refractivity contribution >= 4 is 34.8 Å². The SMILES string of the molecule is O=C(Nc1ccc(C(=O)N2Cc3ccccc3Nc3ncccc32)cn1)c1ccccc1-c1cccnc1. The lowest BCUT2D eigenvalue weighted by molar-refractivity contribution is 0.0984. The highest BCUT2D eigenvalue weighted by Gasteiger charge is 2.26. The van der Waals surface area contributed by atoms with E-state index < -0.39 is 0 Å². The number of carbonyl (C=O) groups excluding carboxylic acids is 2. The molecule has 2 aromatic carbocycles. The van der Waals surface area contributed by atoms with Crippen LogP contribution in [0.2, 0.25) is 0 Å². The highest BCUT2D eigenvalue weighted by molar-refractivity contribution is 6.09. The molecule has 3 aromatic heterocycles. The Kier molecular flexibility index (Phi) is 6.03. The molecule has 4 heterocycles. The lowest BCUT2D eigenvalue weighted by Crippen LogP contribution is -2.30. The maximum atomic E-state index is 13.6. The summed E-state index contributed by atoms with van der Waals surface area (Å²) in [4.78, 5) is 41.4. The van der Waals surface area contributed by atoms with E-state index in [1.807, 2.05) is 60.7 Å². The minimum atomic E-state index is -0.300. The quantitative estimate of drug-likeness (QED) is 0.330. The summed E-state index contributed by atoms with van der Waals surface area (Å²) in [5.41, 5.74) is 5.07. The van der Waals surface area contributed by atoms with Crippen LogP contribution in [0, 0.1) is 0 Å². The number of pyridine rings is 3. The molecule has 1 aliphatic heterocycles. The Morgan fingerprint density at radius 3 is 2.50 bits per heavy atom. The van der Waals surface area contributed by atoms with E-state index in [2.05, 4.69) is 25.6 Å². The van der Waals surface area contributed by atoms with Crippen molar-refractivity contribution in [1.82, 2.24) is 15.0 Å². The molecule has 0 fully saturated rings. The predicted octanol–water partition coefficient (Wildman–Crippen LogP) is 5.69. The molecule has 0 bridgehead atoms. The number of rotatable bonds is 4. The van der Waals surface area contributed by atoms with Gasteiger partial charge in [0.15, 0.2) is 5.82 Å². The number of anilines is 4. The second-order valence-corrected chi connectivity index (χ2v) is 8.72. The van der Waals surface area contributed by atoms with Crippen LogP contribution in [-0.2, 0) is 6.54 Å². The Balaban J connectivity index is 1.24. The number of hydrogen-bond donors (Lipinski definition) is 2. The third kappa shape index (κ3) is 4.46. The summed E-state index contributed by atoms with van der Waals surface area (Å²) in [5, 5.41) is 6.17. The summed E-state index contributed by atoms with van der Waals surface area (Å²) >= 11 is 0. The van der Waals surface area contributed by atoms with Gasteiger partial charge < -0.3 is 15.5 Å². The van der Waals surface area contributed by atoms with Gasteiger partial charge >= 0.3 is 0 Å². The Hall–Kier alpha value is -5.37. The molecular weight excluding hydrogens is 476 g/mol. The fourth-order valence-corrected chi connectivity index (χ4v) is 4.44. The van der Waals surface area contributed by atoms with Gasteiger partial charge in [-0.2, -0.15) is 0 Å². The summed E-state index contributed by atoms with van der Waals surface area (Å²) in [7, 11) is 0. The number of fused-ring (bicyclic) bond motifs is 2. The van der Waals surface area contributed by atoms with E-state index in [1.54, 1.807) is 47.8 Å². The zero-order chi connectivity index (χ0) is 25.9. The van der Waals surface area contributed by atoms with Gasteiger partial charge in [-0.1, -0.05) is 42.5 Å². The maximum Gasteiger partial charge on any atom is 0.260 e. The zero-order valence-corrected chi connectivity index (χ0v) is 20.2. The largest absolute Gasteiger partial charge is 0.338 e. The number of amides is 2. The summed E-state index contributed by atoms with van der Waals surface area (Å²) in [6.45, 7) is 0.379. The van der Waals surface area contributed by atoms with Crippen molar-refractivity contribution in [3.8, 4) is 11.1 Å². The molecule has 2 N–H and O–H groups in total. The van der Waals surface area contributed by atoms with Gasteiger partial charge in [0.05, 0.1) is 17.8 Å². The molecule has 0 saturated carbocycles. The van der Waals surface area contributed by atoms with Crippen LogP contribution in [0.3, 0.4) is 0 Å². The van der Waals surface area contributed by atoms with E-state index >= 15 is 0 Å². The lowest BCUT2D eigenvalue weighted by atomic mass is 10.0. The minimum Gasteiger partial charge on any atom is -0.338 e. The number of carbonyl (C=O) groups is 2. The molecule has 8 nitrogen and oxygen atoms in total. The van der Waals surface area contributed by atoms with Gasteiger partial charge in [-0.25, -0.2) is 9.97 Å². The van der Waals surface area contributed by atoms with Crippen LogP contribution in [0.4, 0.5) is 23.0 Å². The number of hydrogen-bond acceptors (Lipinski definition) is 6. The van der Waals surface area contributed by atoms with Crippen molar-refractivity contribution in [3.05, 3.63) is 126 Å². The average Bonchev–Trinajstić information content (AvgIpc) is 3.14. The Morgan fingerprint density at radius 2 is 1.66 bits per heavy atom. The lowest BCUT2D eigenvalue weighted by Gasteiger charge is -2.22. The summed E-state index contributed by atoms with van der Waals surface area (Å²) in [6, 6.07) is 25.8. The summed E-state index contributed by atoms with van der Waals surface area (Å²) in [5.74, 6) is 0.434. The second-order valence-electron chi connectivity index (χ2n) is 8.72. The first kappa shape index (κ1) is 23.1. The first-order valence-electron chi connectivity index (χ1n) is 12.1. The highest BCUT2D eigenvalue weighted by atomic mass is 16.2. The fraction of sp³-hybridized carbons (Fsp3) is 0.0333. The van der Waals surface area contributed by atoms with Crippen LogP contribution in [0.5, 0.6) is 0 Å². The molecule has 5 aromatic rings. The fourth-order valence-electron chi connectivity index (χ4n) is 4.44. The molecule has 0 aliphatic carbocycles. The summed E-state index contributed by atoms with van der Waals surface area (Å²) < 4.78 is 0. The normalized spacial score (nSPS) is 11.9. The predicted molar refractivity (Wildman–Crippen MR) is 146 cm³/mol. The third-order valence-electron chi connectivity index (χ3n) is 6.32. The molecule has 0 spiro atoms. The van der Waals surface area contributed by atoms with Crippen molar-refractivity contribution in [2.45, 2.75) is 6.54 Å². The van der Waals surface area contributed by atoms with Crippen LogP contribution in [-0.4, -0.2) is 26.8 Å². The maximum absolute atomic E-state index is 13.6. The number of para-hydroxylation sites is 1. The molecule has 2 amide bonds. The number of aromatic nitrogens is 3. The van der Waals surface area contributed by atoms with Crippen LogP contribution >= 0.6 is 0 Å². The first-order valence-corrected chi connectivity index (χ1v) is 12.1. The van der Waals surface area contributed by atoms with Gasteiger partial charge in [-0.15, -0.1) is 0 Å². The Labute approximate surface area is 219 Å². The topological polar surface area (TPSA) is 100 Å². The van der Waals surface area contributed by atoms with Gasteiger partial charge in [-0.3, -0.25) is 14.6 Å². The van der Waals surface area contributed by atoms with E-state index in [-0.39, 0.29) is 11.8 Å². The van der Waals surface area contributed by atoms with Gasteiger partial charge in [0.2, 0.25) is 0 Å². The first-order chi connectivity index (χ1) is 18.7. The van der Waals surface area contributed by atoms with E-state index in [4.69, 9.17) is 0 Å². The minimum absolute atomic E-state index is 0.218. The van der Waals surface area contributed by atoms with Crippen LogP contribution in [0.25, 0.3) is 11.1 Å². The molecule has 8 heteroatoms. The molecule has 184 valence electrons. The van der Waals surface area contributed by atoms with Crippen molar-refractivity contribution in [1.29, 1.82) is 0 Å². The second kappa shape index (κ2) is 9.94. The van der Waals surface area contributed by atoms with Crippen molar-refractivity contribution in [2.75, 3.05) is 15.5 Å². The van der Waals surface area contributed by atoms with E-state index in [0.29, 0.717) is 35.0 Å². The van der Waals surface area contributed by atoms with Crippen LogP contribution in [0.15, 0.2) is 110 Å². The highest BCUT2D eigenvalue weighted by Crippen LogP contribution is 2.34. The van der Waals surface area contributed by atoms with Crippen LogP contribution in [0.1, 0.15) is 26.3 Å². The molecular formula is C30H22N6O2. The standard InChI is InChI=1S/C30H22N6O2/c37-29(24-10-3-2-9-23(24)20-8-5-15-31-17-20)35-27-14-13-21(18-33-27)30(38)36-19-22-7-1-4-11-25(22)34-28-26(36)12-6-16-32-28/h1-18H,19H2,(H,32,34)(H,33,35,37). The van der Waals surface area contributed by atoms with Crippen molar-refractivity contribution in [3.63, 3.8) is 0 Å². The van der Waals surface area contributed by atoms with Gasteiger partial charge in [-0.05, 0) is 53.6 Å². The van der Waals surface area contributed by atoms with Crippen molar-refractivity contribution < 1.29 is 9.59 Å². The summed E-state index contributed by atoms with van der Waals surface area (Å²) in [6.07, 6.45) is 6.57.